The topological polar surface area (TPSA) is 72.7 Å². The lowest BCUT2D eigenvalue weighted by Gasteiger charge is -2.17. The standard InChI is InChI=1S/C22H25N5OS/c1-16(21(28)24-19-11-5-6-12-19)29-22-26-25-20(18-10-7-13-23-14-18)27(22)15-17-8-3-2-4-9-17/h2-4,7-10,13-14,16,19H,5-6,11-12,15H2,1H3,(H,24,28)/t16-/m1/s1. The van der Waals surface area contributed by atoms with Gasteiger partial charge < -0.3 is 5.32 Å². The molecule has 1 aliphatic rings. The molecular weight excluding hydrogens is 382 g/mol. The van der Waals surface area contributed by atoms with Gasteiger partial charge in [0.1, 0.15) is 0 Å². The number of carbonyl (C=O) groups is 1. The van der Waals surface area contributed by atoms with Crippen LogP contribution in [-0.2, 0) is 11.3 Å². The Morgan fingerprint density at radius 1 is 1.17 bits per heavy atom. The van der Waals surface area contributed by atoms with Crippen molar-refractivity contribution >= 4 is 17.7 Å². The van der Waals surface area contributed by atoms with Gasteiger partial charge in [-0.3, -0.25) is 14.3 Å². The number of benzene rings is 1. The van der Waals surface area contributed by atoms with E-state index in [1.807, 2.05) is 37.3 Å². The summed E-state index contributed by atoms with van der Waals surface area (Å²) < 4.78 is 2.07. The van der Waals surface area contributed by atoms with E-state index in [1.54, 1.807) is 12.4 Å². The fraction of sp³-hybridized carbons (Fsp3) is 0.364. The summed E-state index contributed by atoms with van der Waals surface area (Å²) in [5, 5.41) is 12.5. The van der Waals surface area contributed by atoms with Gasteiger partial charge in [-0.2, -0.15) is 0 Å². The van der Waals surface area contributed by atoms with Crippen molar-refractivity contribution in [2.24, 2.45) is 0 Å². The van der Waals surface area contributed by atoms with Crippen LogP contribution in [0.2, 0.25) is 0 Å². The summed E-state index contributed by atoms with van der Waals surface area (Å²) in [4.78, 5) is 16.9. The molecule has 2 heterocycles. The Bertz CT molecular complexity index is 938. The Labute approximate surface area is 175 Å². The van der Waals surface area contributed by atoms with Crippen LogP contribution in [0, 0.1) is 0 Å². The van der Waals surface area contributed by atoms with E-state index in [0.717, 1.165) is 34.9 Å². The van der Waals surface area contributed by atoms with Crippen molar-refractivity contribution in [3.8, 4) is 11.4 Å². The molecule has 0 spiro atoms. The van der Waals surface area contributed by atoms with E-state index in [0.29, 0.717) is 12.6 Å². The van der Waals surface area contributed by atoms with E-state index in [9.17, 15) is 4.79 Å². The molecule has 1 fully saturated rings. The zero-order valence-corrected chi connectivity index (χ0v) is 17.3. The molecule has 0 saturated heterocycles. The molecule has 7 heteroatoms. The normalized spacial score (nSPS) is 15.3. The maximum absolute atomic E-state index is 12.7. The molecule has 0 radical (unpaired) electrons. The maximum atomic E-state index is 12.7. The summed E-state index contributed by atoms with van der Waals surface area (Å²) in [6.45, 7) is 2.57. The van der Waals surface area contributed by atoms with Crippen molar-refractivity contribution in [3.63, 3.8) is 0 Å². The molecule has 1 atom stereocenters. The first kappa shape index (κ1) is 19.6. The number of hydrogen-bond acceptors (Lipinski definition) is 5. The lowest BCUT2D eigenvalue weighted by Crippen LogP contribution is -2.37. The van der Waals surface area contributed by atoms with E-state index >= 15 is 0 Å². The van der Waals surface area contributed by atoms with Crippen molar-refractivity contribution in [2.45, 2.75) is 55.6 Å². The molecule has 4 rings (SSSR count). The van der Waals surface area contributed by atoms with E-state index in [-0.39, 0.29) is 11.2 Å². The molecule has 1 amide bonds. The lowest BCUT2D eigenvalue weighted by molar-refractivity contribution is -0.120. The molecule has 3 aromatic rings. The fourth-order valence-corrected chi connectivity index (χ4v) is 4.45. The zero-order valence-electron chi connectivity index (χ0n) is 16.5. The Kier molecular flexibility index (Phi) is 6.24. The molecule has 150 valence electrons. The smallest absolute Gasteiger partial charge is 0.233 e. The second-order valence-electron chi connectivity index (χ2n) is 7.37. The third-order valence-electron chi connectivity index (χ3n) is 5.17. The summed E-state index contributed by atoms with van der Waals surface area (Å²) in [6, 6.07) is 14.4. The molecule has 6 nitrogen and oxygen atoms in total. The number of pyridine rings is 1. The highest BCUT2D eigenvalue weighted by Gasteiger charge is 2.24. The van der Waals surface area contributed by atoms with Gasteiger partial charge in [-0.05, 0) is 37.5 Å². The highest BCUT2D eigenvalue weighted by molar-refractivity contribution is 8.00. The van der Waals surface area contributed by atoms with Crippen LogP contribution in [0.15, 0.2) is 60.0 Å². The first-order chi connectivity index (χ1) is 14.2. The molecule has 0 aliphatic heterocycles. The third-order valence-corrected chi connectivity index (χ3v) is 6.25. The maximum Gasteiger partial charge on any atom is 0.233 e. The van der Waals surface area contributed by atoms with Crippen LogP contribution in [-0.4, -0.2) is 36.9 Å². The number of rotatable bonds is 7. The third kappa shape index (κ3) is 4.85. The SMILES string of the molecule is C[C@@H](Sc1nnc(-c2cccnc2)n1Cc1ccccc1)C(=O)NC1CCCC1. The van der Waals surface area contributed by atoms with Crippen LogP contribution in [0.25, 0.3) is 11.4 Å². The fourth-order valence-electron chi connectivity index (χ4n) is 3.59. The number of aromatic nitrogens is 4. The van der Waals surface area contributed by atoms with E-state index < -0.39 is 0 Å². The summed E-state index contributed by atoms with van der Waals surface area (Å²) in [5.41, 5.74) is 2.06. The van der Waals surface area contributed by atoms with Crippen LogP contribution < -0.4 is 5.32 Å². The molecule has 29 heavy (non-hydrogen) atoms. The number of thioether (sulfide) groups is 1. The van der Waals surface area contributed by atoms with E-state index in [2.05, 4.69) is 37.2 Å². The van der Waals surface area contributed by atoms with Crippen molar-refractivity contribution in [1.82, 2.24) is 25.1 Å². The van der Waals surface area contributed by atoms with Gasteiger partial charge >= 0.3 is 0 Å². The second kappa shape index (κ2) is 9.22. The van der Waals surface area contributed by atoms with Crippen molar-refractivity contribution in [1.29, 1.82) is 0 Å². The summed E-state index contributed by atoms with van der Waals surface area (Å²) in [7, 11) is 0. The monoisotopic (exact) mass is 407 g/mol. The van der Waals surface area contributed by atoms with Gasteiger partial charge in [-0.1, -0.05) is 54.9 Å². The van der Waals surface area contributed by atoms with Gasteiger partial charge in [0.05, 0.1) is 11.8 Å². The quantitative estimate of drug-likeness (QED) is 0.601. The van der Waals surface area contributed by atoms with Gasteiger partial charge in [-0.25, -0.2) is 0 Å². The molecule has 1 aromatic carbocycles. The van der Waals surface area contributed by atoms with Gasteiger partial charge in [0.25, 0.3) is 0 Å². The Morgan fingerprint density at radius 2 is 1.97 bits per heavy atom. The highest BCUT2D eigenvalue weighted by Crippen LogP contribution is 2.28. The minimum Gasteiger partial charge on any atom is -0.352 e. The summed E-state index contributed by atoms with van der Waals surface area (Å²) >= 11 is 1.45. The first-order valence-corrected chi connectivity index (χ1v) is 10.9. The second-order valence-corrected chi connectivity index (χ2v) is 8.68. The van der Waals surface area contributed by atoms with Crippen molar-refractivity contribution in [3.05, 3.63) is 60.4 Å². The van der Waals surface area contributed by atoms with Gasteiger partial charge in [0.15, 0.2) is 11.0 Å². The van der Waals surface area contributed by atoms with E-state index in [4.69, 9.17) is 0 Å². The number of nitrogens with one attached hydrogen (secondary N) is 1. The average Bonchev–Trinajstić information content (AvgIpc) is 3.40. The van der Waals surface area contributed by atoms with E-state index in [1.165, 1.54) is 24.6 Å². The average molecular weight is 408 g/mol. The number of carbonyl (C=O) groups excluding carboxylic acids is 1. The van der Waals surface area contributed by atoms with Gasteiger partial charge in [-0.15, -0.1) is 10.2 Å². The molecule has 0 unspecified atom stereocenters. The first-order valence-electron chi connectivity index (χ1n) is 10.1. The molecule has 2 aromatic heterocycles. The summed E-state index contributed by atoms with van der Waals surface area (Å²) in [5.74, 6) is 0.826. The van der Waals surface area contributed by atoms with Gasteiger partial charge in [0, 0.05) is 24.0 Å². The highest BCUT2D eigenvalue weighted by atomic mass is 32.2. The van der Waals surface area contributed by atoms with Crippen LogP contribution in [0.4, 0.5) is 0 Å². The zero-order chi connectivity index (χ0) is 20.1. The van der Waals surface area contributed by atoms with Crippen molar-refractivity contribution in [2.75, 3.05) is 0 Å². The predicted molar refractivity (Wildman–Crippen MR) is 115 cm³/mol. The Morgan fingerprint density at radius 3 is 2.69 bits per heavy atom. The Balaban J connectivity index is 1.57. The molecule has 1 aliphatic carbocycles. The number of nitrogens with zero attached hydrogens (tertiary/aromatic N) is 4. The van der Waals surface area contributed by atoms with Crippen LogP contribution in [0.5, 0.6) is 0 Å². The minimum atomic E-state index is -0.240. The minimum absolute atomic E-state index is 0.0686. The Hall–Kier alpha value is -2.67. The summed E-state index contributed by atoms with van der Waals surface area (Å²) in [6.07, 6.45) is 8.10. The predicted octanol–water partition coefficient (Wildman–Crippen LogP) is 3.93. The van der Waals surface area contributed by atoms with Crippen LogP contribution in [0.1, 0.15) is 38.2 Å². The van der Waals surface area contributed by atoms with Crippen molar-refractivity contribution < 1.29 is 4.79 Å². The van der Waals surface area contributed by atoms with Crippen LogP contribution in [0.3, 0.4) is 0 Å². The van der Waals surface area contributed by atoms with Crippen LogP contribution >= 0.6 is 11.8 Å². The molecule has 1 N–H and O–H groups in total. The lowest BCUT2D eigenvalue weighted by atomic mass is 10.2. The molecular formula is C22H25N5OS. The number of hydrogen-bond donors (Lipinski definition) is 1. The largest absolute Gasteiger partial charge is 0.352 e. The number of amides is 1. The van der Waals surface area contributed by atoms with Gasteiger partial charge in [0.2, 0.25) is 5.91 Å². The molecule has 0 bridgehead atoms. The molecule has 1 saturated carbocycles.